The van der Waals surface area contributed by atoms with E-state index in [-0.39, 0.29) is 11.3 Å². The Morgan fingerprint density at radius 2 is 2.04 bits per heavy atom. The molecule has 0 radical (unpaired) electrons. The first-order valence-electron chi connectivity index (χ1n) is 10.7. The molecule has 1 saturated heterocycles. The third kappa shape index (κ3) is 4.04. The lowest BCUT2D eigenvalue weighted by Crippen LogP contribution is -2.57. The summed E-state index contributed by atoms with van der Waals surface area (Å²) in [5.74, 6) is 1.05. The number of aromatic nitrogens is 2. The van der Waals surface area contributed by atoms with Crippen molar-refractivity contribution >= 4 is 11.8 Å². The summed E-state index contributed by atoms with van der Waals surface area (Å²) < 4.78 is 1.79. The van der Waals surface area contributed by atoms with E-state index in [1.54, 1.807) is 23.3 Å². The second kappa shape index (κ2) is 8.03. The molecule has 2 atom stereocenters. The van der Waals surface area contributed by atoms with Crippen molar-refractivity contribution in [3.63, 3.8) is 0 Å². The Morgan fingerprint density at radius 3 is 2.81 bits per heavy atom. The maximum Gasteiger partial charge on any atom is 0.239 e. The monoisotopic (exact) mass is 372 g/mol. The Hall–Kier alpha value is -1.85. The van der Waals surface area contributed by atoms with E-state index in [0.717, 1.165) is 32.2 Å². The predicted octanol–water partition coefficient (Wildman–Crippen LogP) is 2.74. The zero-order valence-electron chi connectivity index (χ0n) is 16.2. The van der Waals surface area contributed by atoms with Gasteiger partial charge in [0.2, 0.25) is 11.8 Å². The number of nitrogens with one attached hydrogen (secondary N) is 1. The van der Waals surface area contributed by atoms with Crippen LogP contribution in [0, 0.1) is 11.3 Å². The fourth-order valence-electron chi connectivity index (χ4n) is 5.62. The topological polar surface area (TPSA) is 67.2 Å². The molecule has 3 aliphatic rings. The van der Waals surface area contributed by atoms with E-state index in [0.29, 0.717) is 37.4 Å². The second-order valence-electron chi connectivity index (χ2n) is 8.83. The number of fused-ring (bicyclic) bond motifs is 1. The maximum absolute atomic E-state index is 12.7. The Kier molecular flexibility index (Phi) is 5.50. The summed E-state index contributed by atoms with van der Waals surface area (Å²) in [6, 6.07) is 0.314. The van der Waals surface area contributed by atoms with Gasteiger partial charge in [-0.15, -0.1) is 0 Å². The lowest BCUT2D eigenvalue weighted by atomic mass is 9.74. The van der Waals surface area contributed by atoms with Gasteiger partial charge in [-0.05, 0) is 38.0 Å². The van der Waals surface area contributed by atoms with E-state index >= 15 is 0 Å². The van der Waals surface area contributed by atoms with Crippen molar-refractivity contribution in [1.29, 1.82) is 0 Å². The number of hydrogen-bond donors (Lipinski definition) is 1. The van der Waals surface area contributed by atoms with Crippen LogP contribution in [0.15, 0.2) is 18.7 Å². The molecule has 1 aliphatic heterocycles. The summed E-state index contributed by atoms with van der Waals surface area (Å²) in [6.07, 6.45) is 16.6. The fraction of sp³-hybridized carbons (Fsp3) is 0.762. The number of amides is 2. The molecule has 2 aliphatic carbocycles. The van der Waals surface area contributed by atoms with Gasteiger partial charge in [-0.2, -0.15) is 0 Å². The zero-order chi connectivity index (χ0) is 18.7. The molecule has 0 bridgehead atoms. The van der Waals surface area contributed by atoms with Gasteiger partial charge in [-0.3, -0.25) is 9.59 Å². The number of rotatable bonds is 6. The summed E-state index contributed by atoms with van der Waals surface area (Å²) in [7, 11) is 0. The van der Waals surface area contributed by atoms with E-state index in [2.05, 4.69) is 15.2 Å². The van der Waals surface area contributed by atoms with Crippen molar-refractivity contribution in [2.24, 2.45) is 11.3 Å². The van der Waals surface area contributed by atoms with Crippen LogP contribution in [0.25, 0.3) is 0 Å². The Balaban J connectivity index is 1.39. The number of likely N-dealkylation sites (tertiary alicyclic amines) is 1. The highest BCUT2D eigenvalue weighted by Gasteiger charge is 2.50. The lowest BCUT2D eigenvalue weighted by molar-refractivity contribution is -0.143. The van der Waals surface area contributed by atoms with Crippen molar-refractivity contribution in [2.45, 2.75) is 76.8 Å². The largest absolute Gasteiger partial charge is 0.354 e. The molecule has 1 N–H and O–H groups in total. The average molecular weight is 373 g/mol. The second-order valence-corrected chi connectivity index (χ2v) is 8.83. The van der Waals surface area contributed by atoms with E-state index < -0.39 is 0 Å². The molecule has 0 aromatic carbocycles. The molecule has 0 spiro atoms. The summed E-state index contributed by atoms with van der Waals surface area (Å²) in [5.41, 5.74) is 0.0766. The highest BCUT2D eigenvalue weighted by Crippen LogP contribution is 2.48. The van der Waals surface area contributed by atoms with Crippen LogP contribution in [0.1, 0.15) is 64.2 Å². The van der Waals surface area contributed by atoms with Gasteiger partial charge in [-0.1, -0.05) is 25.7 Å². The summed E-state index contributed by atoms with van der Waals surface area (Å²) in [6.45, 7) is 1.94. The van der Waals surface area contributed by atoms with Gasteiger partial charge < -0.3 is 14.8 Å². The third-order valence-electron chi connectivity index (χ3n) is 7.10. The molecule has 2 saturated carbocycles. The van der Waals surface area contributed by atoms with Crippen LogP contribution in [0.2, 0.25) is 0 Å². The molecule has 1 aromatic heterocycles. The quantitative estimate of drug-likeness (QED) is 0.835. The van der Waals surface area contributed by atoms with E-state index in [4.69, 9.17) is 0 Å². The minimum absolute atomic E-state index is 0.0313. The van der Waals surface area contributed by atoms with Crippen molar-refractivity contribution < 1.29 is 9.59 Å². The molecule has 6 nitrogen and oxygen atoms in total. The number of hydrogen-bond acceptors (Lipinski definition) is 3. The van der Waals surface area contributed by atoms with Crippen molar-refractivity contribution in [2.75, 3.05) is 13.1 Å². The van der Waals surface area contributed by atoms with Gasteiger partial charge in [0.1, 0.15) is 6.54 Å². The summed E-state index contributed by atoms with van der Waals surface area (Å²) in [5, 5.41) is 3.17. The van der Waals surface area contributed by atoms with E-state index in [1.807, 2.05) is 0 Å². The molecule has 2 amide bonds. The fourth-order valence-corrected chi connectivity index (χ4v) is 5.62. The summed E-state index contributed by atoms with van der Waals surface area (Å²) >= 11 is 0. The molecule has 4 rings (SSSR count). The van der Waals surface area contributed by atoms with Crippen LogP contribution < -0.4 is 5.32 Å². The first-order valence-corrected chi connectivity index (χ1v) is 10.7. The summed E-state index contributed by atoms with van der Waals surface area (Å²) in [4.78, 5) is 31.3. The van der Waals surface area contributed by atoms with Gasteiger partial charge >= 0.3 is 0 Å². The van der Waals surface area contributed by atoms with Crippen molar-refractivity contribution in [3.05, 3.63) is 18.7 Å². The van der Waals surface area contributed by atoms with Crippen LogP contribution in [0.4, 0.5) is 0 Å². The normalized spacial score (nSPS) is 29.0. The van der Waals surface area contributed by atoms with Crippen LogP contribution in [0.5, 0.6) is 0 Å². The Labute approximate surface area is 161 Å². The average Bonchev–Trinajstić information content (AvgIpc) is 3.34. The van der Waals surface area contributed by atoms with E-state index in [9.17, 15) is 9.59 Å². The Morgan fingerprint density at radius 1 is 1.19 bits per heavy atom. The smallest absolute Gasteiger partial charge is 0.239 e. The number of imidazole rings is 1. The van der Waals surface area contributed by atoms with Crippen LogP contribution in [-0.2, 0) is 16.1 Å². The molecule has 0 unspecified atom stereocenters. The van der Waals surface area contributed by atoms with Gasteiger partial charge in [0.05, 0.1) is 6.33 Å². The minimum atomic E-state index is 0.0313. The molecule has 6 heteroatoms. The first kappa shape index (κ1) is 18.5. The standard InChI is InChI=1S/C21H32N4O2/c26-19(14-24-12-11-22-16-24)23-15-21-9-4-7-18(21)25(20(27)8-10-21)13-17-5-2-1-3-6-17/h11-12,16-18H,1-10,13-15H2,(H,23,26)/t18-,21+/m1/s1. The SMILES string of the molecule is O=C(Cn1ccnc1)NC[C@@]12CCC[C@H]1N(CC1CCCCC1)C(=O)CC2. The maximum atomic E-state index is 12.7. The number of carbonyl (C=O) groups excluding carboxylic acids is 2. The van der Waals surface area contributed by atoms with Crippen molar-refractivity contribution in [3.8, 4) is 0 Å². The van der Waals surface area contributed by atoms with Gasteiger partial charge in [0, 0.05) is 43.4 Å². The first-order chi connectivity index (χ1) is 13.2. The molecule has 148 valence electrons. The minimum Gasteiger partial charge on any atom is -0.354 e. The van der Waals surface area contributed by atoms with Crippen LogP contribution in [0.3, 0.4) is 0 Å². The zero-order valence-corrected chi connectivity index (χ0v) is 16.2. The van der Waals surface area contributed by atoms with Gasteiger partial charge in [-0.25, -0.2) is 4.98 Å². The highest BCUT2D eigenvalue weighted by molar-refractivity contribution is 5.78. The van der Waals surface area contributed by atoms with Gasteiger partial charge in [0.25, 0.3) is 0 Å². The molecular weight excluding hydrogens is 340 g/mol. The van der Waals surface area contributed by atoms with Crippen LogP contribution in [-0.4, -0.2) is 45.4 Å². The molecule has 3 fully saturated rings. The third-order valence-corrected chi connectivity index (χ3v) is 7.10. The number of piperidine rings is 1. The van der Waals surface area contributed by atoms with Crippen molar-refractivity contribution in [1.82, 2.24) is 19.8 Å². The Bertz CT molecular complexity index is 653. The molecule has 1 aromatic rings. The van der Waals surface area contributed by atoms with E-state index in [1.165, 1.54) is 32.1 Å². The van der Waals surface area contributed by atoms with Crippen LogP contribution >= 0.6 is 0 Å². The predicted molar refractivity (Wildman–Crippen MR) is 103 cm³/mol. The van der Waals surface area contributed by atoms with Gasteiger partial charge in [0.15, 0.2) is 0 Å². The molecule has 27 heavy (non-hydrogen) atoms. The number of nitrogens with zero attached hydrogens (tertiary/aromatic N) is 3. The molecule has 2 heterocycles. The lowest BCUT2D eigenvalue weighted by Gasteiger charge is -2.47. The highest BCUT2D eigenvalue weighted by atomic mass is 16.2. The molecular formula is C21H32N4O2. The number of carbonyl (C=O) groups is 2.